The van der Waals surface area contributed by atoms with Crippen LogP contribution in [0.1, 0.15) is 117 Å². The van der Waals surface area contributed by atoms with Crippen molar-refractivity contribution in [3.05, 3.63) is 92.6 Å². The number of unbranched alkanes of at least 4 members (excludes halogenated alkanes) is 3. The van der Waals surface area contributed by atoms with Crippen LogP contribution in [0.25, 0.3) is 18.2 Å². The van der Waals surface area contributed by atoms with Gasteiger partial charge in [0.05, 0.1) is 92.8 Å². The number of amides is 5. The molecule has 23 nitrogen and oxygen atoms in total. The molecule has 0 saturated carbocycles. The predicted octanol–water partition coefficient (Wildman–Crippen LogP) is 4.13. The molecule has 3 aliphatic rings. The van der Waals surface area contributed by atoms with E-state index in [2.05, 4.69) is 42.4 Å². The third-order valence-corrected chi connectivity index (χ3v) is 17.0. The summed E-state index contributed by atoms with van der Waals surface area (Å²) in [6, 6.07) is 8.94. The van der Waals surface area contributed by atoms with Gasteiger partial charge in [-0.2, -0.15) is 0 Å². The number of thiophene rings is 1. The molecule has 4 N–H and O–H groups in total. The lowest BCUT2D eigenvalue weighted by molar-refractivity contribution is -0.870. The van der Waals surface area contributed by atoms with Crippen molar-refractivity contribution in [1.29, 1.82) is 0 Å². The minimum Gasteiger partial charge on any atom is -0.748 e. The van der Waals surface area contributed by atoms with Crippen molar-refractivity contribution in [3.8, 4) is 5.75 Å². The molecule has 1 saturated heterocycles. The zero-order chi connectivity index (χ0) is 63.7. The maximum absolute atomic E-state index is 17.4. The number of carbonyl (C=O) groups excluding carboxylic acids is 6. The second-order valence-corrected chi connectivity index (χ2v) is 27.9. The van der Waals surface area contributed by atoms with Gasteiger partial charge in [0.25, 0.3) is 11.8 Å². The second kappa shape index (κ2) is 31.1. The van der Waals surface area contributed by atoms with Crippen LogP contribution in [-0.4, -0.2) is 202 Å². The molecule has 0 radical (unpaired) electrons. The van der Waals surface area contributed by atoms with Crippen molar-refractivity contribution in [3.63, 3.8) is 0 Å². The summed E-state index contributed by atoms with van der Waals surface area (Å²) in [5.41, 5.74) is 3.04. The van der Waals surface area contributed by atoms with Crippen LogP contribution in [0.15, 0.2) is 65.2 Å². The van der Waals surface area contributed by atoms with Gasteiger partial charge in [-0.05, 0) is 111 Å². The third kappa shape index (κ3) is 22.3. The van der Waals surface area contributed by atoms with E-state index in [-0.39, 0.29) is 75.9 Å². The average molecular weight is 1270 g/mol. The van der Waals surface area contributed by atoms with Crippen LogP contribution >= 0.6 is 11.3 Å². The summed E-state index contributed by atoms with van der Waals surface area (Å²) < 4.78 is 115. The monoisotopic (exact) mass is 1270 g/mol. The van der Waals surface area contributed by atoms with Gasteiger partial charge in [0, 0.05) is 80.1 Å². The number of quaternary nitrogens is 2. The number of nitrogens with zero attached hydrogens (tertiary/aromatic N) is 5. The standard InChI is InChI=1S/C58H82BF2N9O14S3/c1-69(2,3)33-11-9-18-47(57(75)63-32-31-62-30-10-7-8-21-56(74)84-68-54(72)28-29-55(68)73)65-58(76)48(41-87(80,81)82)64-53(71)20-13-35-83-46-26-23-42(24-27-46)22-25-45-38-43(17-15-37-86(77,78)79)49-40-50-44(16-12-34-70(4,5)6)39-51(52-19-14-36-85-52)67(50)59(60,61)66(45)49/h14,19,22-27,36,38-40,47-48,62H,7-13,15-18,20-21,28-35,37,41H2,1-6H3,(H3-2,63,64,65,71,75,76,77,78,79,80,81,82)/b25-22+. The van der Waals surface area contributed by atoms with Gasteiger partial charge >= 0.3 is 12.9 Å². The number of benzene rings is 1. The van der Waals surface area contributed by atoms with E-state index in [1.54, 1.807) is 48.6 Å². The first kappa shape index (κ1) is 69.6. The summed E-state index contributed by atoms with van der Waals surface area (Å²) >= 11 is 1.36. The molecule has 5 heterocycles. The second-order valence-electron chi connectivity index (χ2n) is 24.0. The van der Waals surface area contributed by atoms with Crippen LogP contribution in [0.2, 0.25) is 0 Å². The van der Waals surface area contributed by atoms with Crippen molar-refractivity contribution in [1.82, 2.24) is 30.8 Å². The number of nitrogens with one attached hydrogen (secondary N) is 4. The van der Waals surface area contributed by atoms with E-state index >= 15 is 8.63 Å². The Morgan fingerprint density at radius 1 is 0.770 bits per heavy atom. The van der Waals surface area contributed by atoms with Crippen molar-refractivity contribution in [2.24, 2.45) is 0 Å². The van der Waals surface area contributed by atoms with Gasteiger partial charge in [-0.1, -0.05) is 30.7 Å². The molecule has 5 amide bonds. The van der Waals surface area contributed by atoms with Gasteiger partial charge in [-0.15, -0.1) is 16.4 Å². The van der Waals surface area contributed by atoms with Crippen LogP contribution in [0.5, 0.6) is 5.75 Å². The first-order valence-corrected chi connectivity index (χ1v) is 33.3. The minimum absolute atomic E-state index is 0.0000375. The molecule has 0 bridgehead atoms. The molecule has 2 atom stereocenters. The number of imide groups is 1. The number of fused-ring (bicyclic) bond motifs is 2. The number of hydroxylamine groups is 2. The van der Waals surface area contributed by atoms with Crippen LogP contribution in [0.4, 0.5) is 8.63 Å². The Morgan fingerprint density at radius 3 is 2.13 bits per heavy atom. The maximum atomic E-state index is 17.4. The first-order valence-electron chi connectivity index (χ1n) is 29.3. The molecule has 6 rings (SSSR count). The zero-order valence-electron chi connectivity index (χ0n) is 50.4. The van der Waals surface area contributed by atoms with Gasteiger partial charge in [-0.3, -0.25) is 24.0 Å². The third-order valence-electron chi connectivity index (χ3n) is 14.5. The highest BCUT2D eigenvalue weighted by Gasteiger charge is 2.54. The Bertz CT molecular complexity index is 3290. The topological polar surface area (TPSA) is 295 Å². The molecule has 29 heteroatoms. The molecule has 0 aliphatic carbocycles. The molecular formula is C58H82BF2N9O14S3. The molecule has 478 valence electrons. The van der Waals surface area contributed by atoms with Crippen LogP contribution in [0.3, 0.4) is 0 Å². The molecule has 1 fully saturated rings. The minimum atomic E-state index is -5.06. The first-order chi connectivity index (χ1) is 40.9. The Kier molecular flexibility index (Phi) is 24.9. The number of aromatic nitrogens is 1. The van der Waals surface area contributed by atoms with E-state index < -0.39 is 86.3 Å². The number of rotatable bonds is 37. The van der Waals surface area contributed by atoms with Crippen molar-refractivity contribution >= 4 is 98.0 Å². The molecule has 2 unspecified atom stereocenters. The van der Waals surface area contributed by atoms with Gasteiger partial charge in [-0.25, -0.2) is 21.6 Å². The van der Waals surface area contributed by atoms with E-state index in [9.17, 15) is 54.7 Å². The van der Waals surface area contributed by atoms with Gasteiger partial charge < -0.3 is 66.5 Å². The van der Waals surface area contributed by atoms with E-state index in [1.165, 1.54) is 11.3 Å². The molecule has 1 aromatic carbocycles. The Labute approximate surface area is 512 Å². The summed E-state index contributed by atoms with van der Waals surface area (Å²) in [5, 5.41) is 13.2. The van der Waals surface area contributed by atoms with Crippen LogP contribution in [-0.2, 0) is 60.3 Å². The smallest absolute Gasteiger partial charge is 0.737 e. The maximum Gasteiger partial charge on any atom is 0.737 e. The summed E-state index contributed by atoms with van der Waals surface area (Å²) in [7, 11) is 2.62. The number of aryl methyl sites for hydroxylation is 1. The quantitative estimate of drug-likeness (QED) is 0.0208. The SMILES string of the molecule is C[N+](C)(C)CCCCC(NC(=O)C(CS(=O)(=O)[O-])NC(=O)CCCOc1ccc(/C=C/c2cc(CCCS(=O)(=O)[O-])c3n2[B-](F)(F)[N+]2=C(c4cccs4)C=C(CCC[N+](C)(C)C)C2=C3)cc1)C(=O)NCCNCCCCCC(=O)ON1C(=O)CCC1=O. The van der Waals surface area contributed by atoms with Crippen molar-refractivity contribution in [2.75, 3.05) is 93.1 Å². The van der Waals surface area contributed by atoms with Crippen LogP contribution in [0, 0.1) is 0 Å². The zero-order valence-corrected chi connectivity index (χ0v) is 52.8. The molecule has 3 aromatic rings. The normalized spacial score (nSPS) is 15.9. The highest BCUT2D eigenvalue weighted by molar-refractivity contribution is 7.86. The van der Waals surface area contributed by atoms with Crippen molar-refractivity contribution in [2.45, 2.75) is 108 Å². The van der Waals surface area contributed by atoms with Crippen LogP contribution < -0.4 is 26.0 Å². The Morgan fingerprint density at radius 2 is 1.47 bits per heavy atom. The van der Waals surface area contributed by atoms with Gasteiger partial charge in [0.2, 0.25) is 17.7 Å². The summed E-state index contributed by atoms with van der Waals surface area (Å²) in [6.45, 7) is -1.88. The molecule has 0 spiro atoms. The molecular weight excluding hydrogens is 1190 g/mol. The van der Waals surface area contributed by atoms with E-state index in [0.29, 0.717) is 98.8 Å². The number of allylic oxidation sites excluding steroid dienone is 2. The van der Waals surface area contributed by atoms with E-state index in [0.717, 1.165) is 34.0 Å². The molecule has 87 heavy (non-hydrogen) atoms. The highest BCUT2D eigenvalue weighted by atomic mass is 32.2. The number of hydrogen-bond acceptors (Lipinski definition) is 16. The lowest BCUT2D eigenvalue weighted by Gasteiger charge is -2.31. The number of ether oxygens (including phenoxy) is 1. The summed E-state index contributed by atoms with van der Waals surface area (Å²) in [6.07, 6.45) is 11.2. The number of carbonyl (C=O) groups is 6. The number of hydrogen-bond donors (Lipinski definition) is 4. The van der Waals surface area contributed by atoms with E-state index in [1.807, 2.05) is 44.7 Å². The molecule has 3 aliphatic heterocycles. The average Bonchev–Trinajstić information content (AvgIpc) is 1.58. The number of halogens is 2. The predicted molar refractivity (Wildman–Crippen MR) is 324 cm³/mol. The largest absolute Gasteiger partial charge is 0.748 e. The summed E-state index contributed by atoms with van der Waals surface area (Å²) in [4.78, 5) is 81.2. The lowest BCUT2D eigenvalue weighted by Crippen LogP contribution is -2.56. The highest BCUT2D eigenvalue weighted by Crippen LogP contribution is 2.41. The fraction of sp³-hybridized carbons (Fsp3) is 0.534. The molecule has 2 aromatic heterocycles. The van der Waals surface area contributed by atoms with E-state index in [4.69, 9.17) is 9.57 Å². The Hall–Kier alpha value is -6.47. The van der Waals surface area contributed by atoms with Gasteiger partial charge in [0.1, 0.15) is 17.8 Å². The van der Waals surface area contributed by atoms with Gasteiger partial charge in [0.15, 0.2) is 11.4 Å². The Balaban J connectivity index is 1.02. The summed E-state index contributed by atoms with van der Waals surface area (Å²) in [5.74, 6) is -5.63. The van der Waals surface area contributed by atoms with Crippen molar-refractivity contribution < 1.29 is 86.4 Å². The lowest BCUT2D eigenvalue weighted by atomic mass is 9.88. The fourth-order valence-electron chi connectivity index (χ4n) is 10.2. The fourth-order valence-corrected chi connectivity index (χ4v) is 12.1.